The number of rotatable bonds is 4. The third kappa shape index (κ3) is 4.44. The molecule has 2 aliphatic heterocycles. The van der Waals surface area contributed by atoms with E-state index in [4.69, 9.17) is 4.74 Å². The Hall–Kier alpha value is -3.52. The number of carbonyl (C=O) groups excluding carboxylic acids is 2. The maximum atomic E-state index is 14.2. The number of anilines is 2. The second-order valence-electron chi connectivity index (χ2n) is 10.3. The van der Waals surface area contributed by atoms with Crippen molar-refractivity contribution in [1.82, 2.24) is 4.90 Å². The molecule has 192 valence electrons. The second-order valence-corrected chi connectivity index (χ2v) is 11.6. The first kappa shape index (κ1) is 25.1. The number of benzene rings is 3. The Morgan fingerprint density at radius 2 is 1.86 bits per heavy atom. The lowest BCUT2D eigenvalue weighted by Gasteiger charge is -2.33. The number of nitrogens with one attached hydrogen (secondary N) is 1. The van der Waals surface area contributed by atoms with Crippen LogP contribution >= 0.6 is 11.8 Å². The first-order valence-electron chi connectivity index (χ1n) is 12.2. The van der Waals surface area contributed by atoms with Crippen LogP contribution in [-0.4, -0.2) is 36.2 Å². The summed E-state index contributed by atoms with van der Waals surface area (Å²) in [6.45, 7) is 7.26. The molecule has 1 saturated heterocycles. The topological polar surface area (TPSA) is 61.9 Å². The zero-order valence-corrected chi connectivity index (χ0v) is 22.2. The summed E-state index contributed by atoms with van der Waals surface area (Å²) in [5.74, 6) is 0.583. The van der Waals surface area contributed by atoms with Crippen molar-refractivity contribution in [2.45, 2.75) is 37.6 Å². The summed E-state index contributed by atoms with van der Waals surface area (Å²) < 4.78 is 19.2. The van der Waals surface area contributed by atoms with Gasteiger partial charge in [0.05, 0.1) is 19.3 Å². The van der Waals surface area contributed by atoms with Crippen molar-refractivity contribution in [3.63, 3.8) is 0 Å². The van der Waals surface area contributed by atoms with Gasteiger partial charge in [-0.1, -0.05) is 51.1 Å². The highest BCUT2D eigenvalue weighted by Gasteiger charge is 2.59. The Morgan fingerprint density at radius 3 is 2.54 bits per heavy atom. The third-order valence-corrected chi connectivity index (χ3v) is 8.30. The molecule has 0 unspecified atom stereocenters. The Kier molecular flexibility index (Phi) is 6.40. The van der Waals surface area contributed by atoms with Crippen molar-refractivity contribution in [2.24, 2.45) is 0 Å². The number of urea groups is 1. The van der Waals surface area contributed by atoms with Crippen LogP contribution in [0.3, 0.4) is 0 Å². The van der Waals surface area contributed by atoms with Gasteiger partial charge in [0.25, 0.3) is 5.91 Å². The van der Waals surface area contributed by atoms with Gasteiger partial charge in [0.2, 0.25) is 0 Å². The average molecular weight is 520 g/mol. The van der Waals surface area contributed by atoms with Crippen LogP contribution in [0.4, 0.5) is 20.6 Å². The molecule has 1 atom stereocenters. The fourth-order valence-electron chi connectivity index (χ4n) is 4.93. The minimum atomic E-state index is -1.23. The second kappa shape index (κ2) is 9.41. The number of hydrogen-bond acceptors (Lipinski definition) is 4. The quantitative estimate of drug-likeness (QED) is 0.452. The molecule has 0 aliphatic carbocycles. The van der Waals surface area contributed by atoms with E-state index in [1.807, 2.05) is 18.2 Å². The zero-order chi connectivity index (χ0) is 26.4. The van der Waals surface area contributed by atoms with Gasteiger partial charge in [0.1, 0.15) is 11.6 Å². The van der Waals surface area contributed by atoms with Crippen LogP contribution in [0.25, 0.3) is 0 Å². The van der Waals surface area contributed by atoms with Crippen LogP contribution < -0.4 is 15.0 Å². The molecular weight excluding hydrogens is 489 g/mol. The highest BCUT2D eigenvalue weighted by atomic mass is 32.2. The molecule has 37 heavy (non-hydrogen) atoms. The lowest BCUT2D eigenvalue weighted by atomic mass is 9.87. The molecule has 2 aliphatic rings. The zero-order valence-electron chi connectivity index (χ0n) is 21.4. The van der Waals surface area contributed by atoms with Gasteiger partial charge in [-0.15, -0.1) is 11.8 Å². The fraction of sp³-hybridized carbons (Fsp3) is 0.310. The summed E-state index contributed by atoms with van der Waals surface area (Å²) >= 11 is 1.44. The predicted molar refractivity (Wildman–Crippen MR) is 146 cm³/mol. The van der Waals surface area contributed by atoms with Gasteiger partial charge in [0.15, 0.2) is 4.87 Å². The van der Waals surface area contributed by atoms with E-state index in [9.17, 15) is 14.0 Å². The number of ether oxygens (including phenoxy) is 1. The number of halogens is 1. The van der Waals surface area contributed by atoms with Crippen molar-refractivity contribution >= 4 is 35.1 Å². The van der Waals surface area contributed by atoms with Crippen molar-refractivity contribution in [2.75, 3.05) is 29.6 Å². The molecule has 1 spiro atoms. The first-order valence-corrected chi connectivity index (χ1v) is 13.2. The molecule has 0 bridgehead atoms. The summed E-state index contributed by atoms with van der Waals surface area (Å²) in [5, 5.41) is 2.77. The van der Waals surface area contributed by atoms with Crippen LogP contribution in [-0.2, 0) is 21.6 Å². The lowest BCUT2D eigenvalue weighted by molar-refractivity contribution is -0.123. The predicted octanol–water partition coefficient (Wildman–Crippen LogP) is 6.11. The van der Waals surface area contributed by atoms with Crippen molar-refractivity contribution in [1.29, 1.82) is 0 Å². The van der Waals surface area contributed by atoms with Gasteiger partial charge in [-0.3, -0.25) is 9.69 Å². The number of fused-ring (bicyclic) bond motifs is 2. The molecule has 1 N–H and O–H groups in total. The van der Waals surface area contributed by atoms with Gasteiger partial charge in [-0.25, -0.2) is 9.18 Å². The number of carbonyl (C=O) groups is 2. The number of thioether (sulfide) groups is 1. The van der Waals surface area contributed by atoms with E-state index < -0.39 is 16.7 Å². The average Bonchev–Trinajstić information content (AvgIpc) is 3.41. The largest absolute Gasteiger partial charge is 0.497 e. The molecule has 3 amide bonds. The van der Waals surface area contributed by atoms with Gasteiger partial charge in [-0.05, 0) is 52.9 Å². The fourth-order valence-corrected chi connectivity index (χ4v) is 6.38. The van der Waals surface area contributed by atoms with Crippen molar-refractivity contribution in [3.05, 3.63) is 89.2 Å². The maximum absolute atomic E-state index is 14.2. The summed E-state index contributed by atoms with van der Waals surface area (Å²) in [6, 6.07) is 19.1. The van der Waals surface area contributed by atoms with Crippen LogP contribution in [0.2, 0.25) is 0 Å². The summed E-state index contributed by atoms with van der Waals surface area (Å²) in [4.78, 5) is 29.8. The van der Waals surface area contributed by atoms with Gasteiger partial charge < -0.3 is 15.0 Å². The number of methoxy groups -OCH3 is 1. The van der Waals surface area contributed by atoms with E-state index in [1.165, 1.54) is 35.5 Å². The monoisotopic (exact) mass is 519 g/mol. The Labute approximate surface area is 220 Å². The molecule has 5 rings (SSSR count). The highest BCUT2D eigenvalue weighted by Crippen LogP contribution is 2.55. The molecule has 0 aromatic heterocycles. The van der Waals surface area contributed by atoms with Crippen molar-refractivity contribution in [3.8, 4) is 5.75 Å². The smallest absolute Gasteiger partial charge is 0.323 e. The minimum absolute atomic E-state index is 0.0330. The third-order valence-electron chi connectivity index (χ3n) is 6.88. The van der Waals surface area contributed by atoms with E-state index in [0.29, 0.717) is 30.3 Å². The number of nitrogens with zero attached hydrogens (tertiary/aromatic N) is 2. The summed E-state index contributed by atoms with van der Waals surface area (Å²) in [6.07, 6.45) is 0. The molecular formula is C29H30FN3O3S. The van der Waals surface area contributed by atoms with Crippen LogP contribution in [0.1, 0.15) is 37.5 Å². The number of amides is 3. The van der Waals surface area contributed by atoms with Gasteiger partial charge in [-0.2, -0.15) is 0 Å². The summed E-state index contributed by atoms with van der Waals surface area (Å²) in [5.41, 5.74) is 4.06. The van der Waals surface area contributed by atoms with E-state index >= 15 is 0 Å². The molecule has 8 heteroatoms. The van der Waals surface area contributed by atoms with Gasteiger partial charge >= 0.3 is 6.03 Å². The Balaban J connectivity index is 1.51. The highest BCUT2D eigenvalue weighted by molar-refractivity contribution is 8.01. The normalized spacial score (nSPS) is 18.9. The van der Waals surface area contributed by atoms with E-state index in [1.54, 1.807) is 23.0 Å². The molecule has 6 nitrogen and oxygen atoms in total. The summed E-state index contributed by atoms with van der Waals surface area (Å²) in [7, 11) is 1.58. The first-order chi connectivity index (χ1) is 17.6. The minimum Gasteiger partial charge on any atom is -0.497 e. The van der Waals surface area contributed by atoms with Crippen LogP contribution in [0.5, 0.6) is 5.75 Å². The van der Waals surface area contributed by atoms with Gasteiger partial charge in [0, 0.05) is 23.5 Å². The molecule has 3 aromatic carbocycles. The Morgan fingerprint density at radius 1 is 1.11 bits per heavy atom. The Bertz CT molecular complexity index is 1360. The molecule has 2 heterocycles. The molecule has 1 fully saturated rings. The van der Waals surface area contributed by atoms with E-state index in [-0.39, 0.29) is 11.3 Å². The van der Waals surface area contributed by atoms with E-state index in [2.05, 4.69) is 50.4 Å². The van der Waals surface area contributed by atoms with E-state index in [0.717, 1.165) is 16.8 Å². The SMILES string of the molecule is COc1ccc2c(c1)[C@@]1(SCCN1C(=O)Nc1cccc(F)c1)C(=O)N2Cc1ccc(C(C)(C)C)cc1. The standard InChI is InChI=1S/C29H30FN3O3S/c1-28(2,3)20-10-8-19(9-11-20)18-32-25-13-12-23(36-4)17-24(25)29(26(32)34)33(14-15-37-29)27(35)31-22-7-5-6-21(30)16-22/h5-13,16-17H,14-15,18H2,1-4H3,(H,31,35)/t29-/m1/s1. The molecule has 0 radical (unpaired) electrons. The number of hydrogen-bond donors (Lipinski definition) is 1. The van der Waals surface area contributed by atoms with Crippen molar-refractivity contribution < 1.29 is 18.7 Å². The lowest BCUT2D eigenvalue weighted by Crippen LogP contribution is -2.51. The van der Waals surface area contributed by atoms with Crippen LogP contribution in [0, 0.1) is 5.82 Å². The molecule has 3 aromatic rings. The van der Waals surface area contributed by atoms with Crippen LogP contribution in [0.15, 0.2) is 66.7 Å². The maximum Gasteiger partial charge on any atom is 0.323 e. The molecule has 0 saturated carbocycles.